The number of aliphatic hydroxyl groups is 3. The molecule has 0 aromatic carbocycles. The standard InChI is InChI=1S/C7H15O8P/c1-3-5(9)6(10)4(2-8)14-7(3)15-16(11,12)13/h3-10H,2H2,1H3,(H2,11,12,13). The molecule has 5 atom stereocenters. The number of rotatable bonds is 3. The van der Waals surface area contributed by atoms with Gasteiger partial charge in [0.25, 0.3) is 0 Å². The predicted molar refractivity (Wildman–Crippen MR) is 50.1 cm³/mol. The van der Waals surface area contributed by atoms with Gasteiger partial charge in [-0.05, 0) is 0 Å². The van der Waals surface area contributed by atoms with Crippen LogP contribution < -0.4 is 0 Å². The summed E-state index contributed by atoms with van der Waals surface area (Å²) in [5.41, 5.74) is 0. The smallest absolute Gasteiger partial charge is 0.394 e. The van der Waals surface area contributed by atoms with Crippen LogP contribution in [0.3, 0.4) is 0 Å². The van der Waals surface area contributed by atoms with E-state index in [1.165, 1.54) is 6.92 Å². The number of phosphoric acid groups is 1. The molecule has 0 aromatic rings. The van der Waals surface area contributed by atoms with E-state index < -0.39 is 44.9 Å². The summed E-state index contributed by atoms with van der Waals surface area (Å²) in [6.45, 7) is 0.813. The van der Waals surface area contributed by atoms with Crippen LogP contribution in [0.1, 0.15) is 6.92 Å². The van der Waals surface area contributed by atoms with Gasteiger partial charge in [0.05, 0.1) is 12.7 Å². The number of aliphatic hydroxyl groups excluding tert-OH is 3. The van der Waals surface area contributed by atoms with Crippen LogP contribution in [0.25, 0.3) is 0 Å². The maximum Gasteiger partial charge on any atom is 0.471 e. The Hall–Kier alpha value is -0.0500. The Labute approximate surface area is 91.7 Å². The van der Waals surface area contributed by atoms with E-state index in [0.29, 0.717) is 0 Å². The first-order chi connectivity index (χ1) is 7.26. The van der Waals surface area contributed by atoms with Crippen molar-refractivity contribution < 1.29 is 38.9 Å². The summed E-state index contributed by atoms with van der Waals surface area (Å²) in [6, 6.07) is 0. The molecule has 1 aliphatic rings. The molecule has 0 aliphatic carbocycles. The quantitative estimate of drug-likeness (QED) is 0.373. The summed E-state index contributed by atoms with van der Waals surface area (Å²) in [6.07, 6.45) is -5.13. The van der Waals surface area contributed by atoms with Gasteiger partial charge >= 0.3 is 7.82 Å². The summed E-state index contributed by atoms with van der Waals surface area (Å²) < 4.78 is 19.8. The minimum absolute atomic E-state index is 0.591. The molecule has 1 heterocycles. The highest BCUT2D eigenvalue weighted by atomic mass is 31.2. The first-order valence-electron chi connectivity index (χ1n) is 4.62. The zero-order chi connectivity index (χ0) is 12.5. The highest BCUT2D eigenvalue weighted by Gasteiger charge is 2.44. The highest BCUT2D eigenvalue weighted by molar-refractivity contribution is 7.46. The lowest BCUT2D eigenvalue weighted by molar-refractivity contribution is -0.260. The van der Waals surface area contributed by atoms with E-state index in [-0.39, 0.29) is 0 Å². The summed E-state index contributed by atoms with van der Waals surface area (Å²) in [4.78, 5) is 17.2. The lowest BCUT2D eigenvalue weighted by atomic mass is 9.93. The summed E-state index contributed by atoms with van der Waals surface area (Å²) >= 11 is 0. The third-order valence-corrected chi connectivity index (χ3v) is 2.91. The van der Waals surface area contributed by atoms with E-state index in [4.69, 9.17) is 19.6 Å². The van der Waals surface area contributed by atoms with Crippen molar-refractivity contribution in [1.29, 1.82) is 0 Å². The van der Waals surface area contributed by atoms with Crippen LogP contribution in [0.2, 0.25) is 0 Å². The number of hydrogen-bond acceptors (Lipinski definition) is 6. The molecule has 1 aliphatic heterocycles. The van der Waals surface area contributed by atoms with Crippen LogP contribution in [0, 0.1) is 5.92 Å². The van der Waals surface area contributed by atoms with Crippen LogP contribution in [-0.2, 0) is 13.8 Å². The zero-order valence-electron chi connectivity index (χ0n) is 8.50. The molecule has 9 heteroatoms. The summed E-state index contributed by atoms with van der Waals surface area (Å²) in [5, 5.41) is 27.8. The van der Waals surface area contributed by atoms with E-state index in [9.17, 15) is 14.8 Å². The average molecular weight is 258 g/mol. The Morgan fingerprint density at radius 2 is 1.88 bits per heavy atom. The fraction of sp³-hybridized carbons (Fsp3) is 1.00. The maximum absolute atomic E-state index is 10.6. The second-order valence-corrected chi connectivity index (χ2v) is 4.85. The molecule has 5 N–H and O–H groups in total. The molecular formula is C7H15O8P. The minimum atomic E-state index is -4.75. The molecule has 0 bridgehead atoms. The highest BCUT2D eigenvalue weighted by Crippen LogP contribution is 2.41. The van der Waals surface area contributed by atoms with Crippen LogP contribution in [0.4, 0.5) is 0 Å². The van der Waals surface area contributed by atoms with Crippen LogP contribution >= 0.6 is 7.82 Å². The van der Waals surface area contributed by atoms with Crippen molar-refractivity contribution >= 4 is 7.82 Å². The molecule has 1 saturated heterocycles. The molecular weight excluding hydrogens is 243 g/mol. The Balaban J connectivity index is 2.75. The second kappa shape index (κ2) is 5.07. The predicted octanol–water partition coefficient (Wildman–Crippen LogP) is -1.83. The van der Waals surface area contributed by atoms with Gasteiger partial charge in [0.1, 0.15) is 12.2 Å². The third-order valence-electron chi connectivity index (χ3n) is 2.43. The van der Waals surface area contributed by atoms with Gasteiger partial charge in [-0.3, -0.25) is 4.52 Å². The van der Waals surface area contributed by atoms with Crippen molar-refractivity contribution in [2.45, 2.75) is 31.5 Å². The fourth-order valence-corrected chi connectivity index (χ4v) is 1.99. The molecule has 0 amide bonds. The first-order valence-corrected chi connectivity index (χ1v) is 6.15. The van der Waals surface area contributed by atoms with E-state index in [0.717, 1.165) is 0 Å². The molecule has 1 fully saturated rings. The van der Waals surface area contributed by atoms with Crippen LogP contribution in [0.15, 0.2) is 0 Å². The first kappa shape index (κ1) is 14.0. The van der Waals surface area contributed by atoms with Gasteiger partial charge in [-0.15, -0.1) is 0 Å². The molecule has 8 nitrogen and oxygen atoms in total. The summed E-state index contributed by atoms with van der Waals surface area (Å²) in [5.74, 6) is -0.828. The van der Waals surface area contributed by atoms with Gasteiger partial charge in [0.15, 0.2) is 6.29 Å². The normalized spacial score (nSPS) is 41.0. The molecule has 0 aromatic heterocycles. The van der Waals surface area contributed by atoms with Gasteiger partial charge < -0.3 is 29.8 Å². The molecule has 0 saturated carbocycles. The lowest BCUT2D eigenvalue weighted by Crippen LogP contribution is -2.55. The van der Waals surface area contributed by atoms with Gasteiger partial charge in [-0.25, -0.2) is 4.57 Å². The van der Waals surface area contributed by atoms with Gasteiger partial charge in [0, 0.05) is 5.92 Å². The van der Waals surface area contributed by atoms with Crippen molar-refractivity contribution in [3.8, 4) is 0 Å². The van der Waals surface area contributed by atoms with Gasteiger partial charge in [-0.2, -0.15) is 0 Å². The number of phosphoric ester groups is 1. The van der Waals surface area contributed by atoms with E-state index in [2.05, 4.69) is 4.52 Å². The molecule has 1 rings (SSSR count). The van der Waals surface area contributed by atoms with Crippen LogP contribution in [0.5, 0.6) is 0 Å². The number of ether oxygens (including phenoxy) is 1. The van der Waals surface area contributed by atoms with Crippen molar-refractivity contribution in [3.63, 3.8) is 0 Å². The number of hydrogen-bond donors (Lipinski definition) is 5. The second-order valence-electron chi connectivity index (χ2n) is 3.66. The largest absolute Gasteiger partial charge is 0.471 e. The zero-order valence-corrected chi connectivity index (χ0v) is 9.40. The van der Waals surface area contributed by atoms with E-state index in [1.807, 2.05) is 0 Å². The van der Waals surface area contributed by atoms with Crippen molar-refractivity contribution in [3.05, 3.63) is 0 Å². The Bertz CT molecular complexity index is 276. The minimum Gasteiger partial charge on any atom is -0.394 e. The van der Waals surface area contributed by atoms with Crippen molar-refractivity contribution in [2.24, 2.45) is 5.92 Å². The lowest BCUT2D eigenvalue weighted by Gasteiger charge is -2.40. The monoisotopic (exact) mass is 258 g/mol. The molecule has 96 valence electrons. The third kappa shape index (κ3) is 3.22. The Morgan fingerprint density at radius 1 is 1.31 bits per heavy atom. The molecule has 0 radical (unpaired) electrons. The van der Waals surface area contributed by atoms with Crippen molar-refractivity contribution in [2.75, 3.05) is 6.61 Å². The molecule has 5 unspecified atom stereocenters. The fourth-order valence-electron chi connectivity index (χ4n) is 1.48. The van der Waals surface area contributed by atoms with Crippen LogP contribution in [-0.4, -0.2) is 56.3 Å². The average Bonchev–Trinajstić information content (AvgIpc) is 2.17. The molecule has 16 heavy (non-hydrogen) atoms. The Morgan fingerprint density at radius 3 is 2.31 bits per heavy atom. The maximum atomic E-state index is 10.6. The topological polar surface area (TPSA) is 137 Å². The van der Waals surface area contributed by atoms with E-state index >= 15 is 0 Å². The summed E-state index contributed by atoms with van der Waals surface area (Å²) in [7, 11) is -4.75. The van der Waals surface area contributed by atoms with Gasteiger partial charge in [0.2, 0.25) is 0 Å². The van der Waals surface area contributed by atoms with Gasteiger partial charge in [-0.1, -0.05) is 6.92 Å². The van der Waals surface area contributed by atoms with E-state index in [1.54, 1.807) is 0 Å². The Kier molecular flexibility index (Phi) is 4.44. The molecule has 0 spiro atoms. The SMILES string of the molecule is CC1C(OP(=O)(O)O)OC(CO)C(O)C1O. The van der Waals surface area contributed by atoms with Crippen molar-refractivity contribution in [1.82, 2.24) is 0 Å².